The van der Waals surface area contributed by atoms with Crippen LogP contribution in [0.1, 0.15) is 0 Å². The third kappa shape index (κ3) is 15.6. The summed E-state index contributed by atoms with van der Waals surface area (Å²) in [6.07, 6.45) is 6.71. The molecule has 0 saturated heterocycles. The van der Waals surface area contributed by atoms with Crippen molar-refractivity contribution in [1.29, 1.82) is 0 Å². The highest BCUT2D eigenvalue weighted by atomic mass is 18.0. The summed E-state index contributed by atoms with van der Waals surface area (Å²) < 4.78 is 0. The Balaban J connectivity index is 3.26. The molecule has 0 rings (SSSR count). The van der Waals surface area contributed by atoms with Gasteiger partial charge in [0.2, 0.25) is 0 Å². The molecule has 0 fully saturated rings. The van der Waals surface area contributed by atoms with E-state index in [-0.39, 0.29) is 0 Å². The van der Waals surface area contributed by atoms with E-state index in [2.05, 4.69) is 84.9 Å². The Morgan fingerprint density at radius 2 is 1.10 bits per heavy atom. The fourth-order valence-electron chi connectivity index (χ4n) is 0.299. The molecule has 0 amide bonds. The topological polar surface area (TPSA) is 122 Å². The standard InChI is InChI=1S/C8H2O12/c1-2-3-4-5-6-7-8-10-12-14-16-18-20-19-17-15-13-11-9/h1,9H. The first-order valence-electron chi connectivity index (χ1n) is 3.84. The molecule has 0 aromatic heterocycles. The molecule has 0 spiro atoms. The predicted octanol–water partition coefficient (Wildman–Crippen LogP) is -0.607. The first-order chi connectivity index (χ1) is 9.91. The molecule has 0 aliphatic heterocycles. The van der Waals surface area contributed by atoms with Crippen molar-refractivity contribution in [2.24, 2.45) is 0 Å². The highest BCUT2D eigenvalue weighted by molar-refractivity contribution is 5.38. The zero-order valence-electron chi connectivity index (χ0n) is 9.02. The van der Waals surface area contributed by atoms with Gasteiger partial charge in [0.05, 0.1) is 0 Å². The molecule has 106 valence electrons. The van der Waals surface area contributed by atoms with Gasteiger partial charge in [0.25, 0.3) is 0 Å². The van der Waals surface area contributed by atoms with Gasteiger partial charge in [-0.25, -0.2) is 10.1 Å². The minimum absolute atomic E-state index is 1.89. The van der Waals surface area contributed by atoms with E-state index in [1.54, 1.807) is 0 Å². The lowest BCUT2D eigenvalue weighted by molar-refractivity contribution is -0.861. The maximum atomic E-state index is 7.52. The van der Waals surface area contributed by atoms with E-state index in [0.717, 1.165) is 0 Å². The molecule has 1 N–H and O–H groups in total. The summed E-state index contributed by atoms with van der Waals surface area (Å²) in [6.45, 7) is 0. The fraction of sp³-hybridized carbons (Fsp3) is 0. The Morgan fingerprint density at radius 3 is 1.70 bits per heavy atom. The molecular formula is C8H2O12. The second-order valence-corrected chi connectivity index (χ2v) is 1.64. The van der Waals surface area contributed by atoms with Crippen molar-refractivity contribution >= 4 is 0 Å². The Hall–Kier alpha value is -2.40. The summed E-state index contributed by atoms with van der Waals surface area (Å²) in [5.74, 6) is 13.2. The Labute approximate surface area is 110 Å². The molecule has 0 aromatic rings. The van der Waals surface area contributed by atoms with Crippen LogP contribution >= 0.6 is 0 Å². The van der Waals surface area contributed by atoms with Crippen molar-refractivity contribution < 1.29 is 60.5 Å². The Morgan fingerprint density at radius 1 is 0.600 bits per heavy atom. The molecule has 0 atom stereocenters. The summed E-state index contributed by atoms with van der Waals surface area (Å²) in [4.78, 5) is 4.00. The number of hydrogen-bond acceptors (Lipinski definition) is 12. The lowest BCUT2D eigenvalue weighted by atomic mass is 10.5. The zero-order valence-corrected chi connectivity index (χ0v) is 9.02. The van der Waals surface area contributed by atoms with Crippen LogP contribution in [-0.2, 0) is 55.3 Å². The smallest absolute Gasteiger partial charge is 0.174 e. The summed E-state index contributed by atoms with van der Waals surface area (Å²) in [7, 11) is 0. The van der Waals surface area contributed by atoms with E-state index in [9.17, 15) is 0 Å². The van der Waals surface area contributed by atoms with Crippen LogP contribution in [0.2, 0.25) is 0 Å². The normalized spacial score (nSPS) is 8.00. The minimum Gasteiger partial charge on any atom is -0.249 e. The van der Waals surface area contributed by atoms with Gasteiger partial charge in [-0.3, -0.25) is 0 Å². The predicted molar refractivity (Wildman–Crippen MR) is 46.7 cm³/mol. The fourth-order valence-corrected chi connectivity index (χ4v) is 0.299. The van der Waals surface area contributed by atoms with Crippen molar-refractivity contribution in [1.82, 2.24) is 0 Å². The molecular weight excluding hydrogens is 288 g/mol. The molecule has 12 heteroatoms. The first kappa shape index (κ1) is 17.6. The van der Waals surface area contributed by atoms with Crippen molar-refractivity contribution in [3.63, 3.8) is 0 Å². The SMILES string of the molecule is C#CC#CC#CC#COOOOOOOOOOOO. The van der Waals surface area contributed by atoms with Crippen LogP contribution in [0, 0.1) is 48.1 Å². The van der Waals surface area contributed by atoms with Gasteiger partial charge >= 0.3 is 0 Å². The van der Waals surface area contributed by atoms with Crippen LogP contribution in [0.25, 0.3) is 0 Å². The second-order valence-electron chi connectivity index (χ2n) is 1.64. The summed E-state index contributed by atoms with van der Waals surface area (Å²) >= 11 is 0. The van der Waals surface area contributed by atoms with Crippen LogP contribution in [0.15, 0.2) is 0 Å². The molecule has 0 unspecified atom stereocenters. The van der Waals surface area contributed by atoms with Crippen molar-refractivity contribution in [2.45, 2.75) is 0 Å². The van der Waals surface area contributed by atoms with Gasteiger partial charge in [0.15, 0.2) is 6.11 Å². The molecule has 0 radical (unpaired) electrons. The number of terminal acetylenes is 1. The molecule has 0 aliphatic carbocycles. The second kappa shape index (κ2) is 16.6. The van der Waals surface area contributed by atoms with Gasteiger partial charge in [0, 0.05) is 43.0 Å². The van der Waals surface area contributed by atoms with E-state index in [4.69, 9.17) is 11.7 Å². The van der Waals surface area contributed by atoms with E-state index >= 15 is 0 Å². The third-order valence-corrected chi connectivity index (χ3v) is 0.702. The maximum absolute atomic E-state index is 7.52. The molecule has 0 bridgehead atoms. The van der Waals surface area contributed by atoms with Crippen LogP contribution in [0.3, 0.4) is 0 Å². The molecule has 0 heterocycles. The third-order valence-electron chi connectivity index (χ3n) is 0.702. The van der Waals surface area contributed by atoms with E-state index in [1.807, 2.05) is 12.0 Å². The largest absolute Gasteiger partial charge is 0.249 e. The summed E-state index contributed by atoms with van der Waals surface area (Å²) in [6, 6.07) is 0. The quantitative estimate of drug-likeness (QED) is 0.239. The van der Waals surface area contributed by atoms with Crippen molar-refractivity contribution in [3.05, 3.63) is 0 Å². The monoisotopic (exact) mass is 290 g/mol. The van der Waals surface area contributed by atoms with Gasteiger partial charge in [-0.1, -0.05) is 0 Å². The molecule has 12 nitrogen and oxygen atoms in total. The lowest BCUT2D eigenvalue weighted by Gasteiger charge is -1.96. The van der Waals surface area contributed by atoms with Gasteiger partial charge in [-0.2, -0.15) is 0 Å². The molecule has 0 saturated carbocycles. The zero-order chi connectivity index (χ0) is 14.7. The van der Waals surface area contributed by atoms with E-state index in [0.29, 0.717) is 0 Å². The van der Waals surface area contributed by atoms with Crippen molar-refractivity contribution in [2.75, 3.05) is 0 Å². The van der Waals surface area contributed by atoms with Gasteiger partial charge in [0.1, 0.15) is 0 Å². The average molecular weight is 290 g/mol. The number of rotatable bonds is 10. The van der Waals surface area contributed by atoms with Crippen LogP contribution in [0.4, 0.5) is 0 Å². The van der Waals surface area contributed by atoms with Crippen molar-refractivity contribution in [3.8, 4) is 48.1 Å². The van der Waals surface area contributed by atoms with Crippen LogP contribution in [0.5, 0.6) is 0 Å². The highest BCUT2D eigenvalue weighted by Gasteiger charge is 1.96. The summed E-state index contributed by atoms with van der Waals surface area (Å²) in [5.41, 5.74) is 0. The highest BCUT2D eigenvalue weighted by Crippen LogP contribution is 1.89. The number of hydrogen-bond donors (Lipinski definition) is 1. The first-order valence-corrected chi connectivity index (χ1v) is 3.84. The lowest BCUT2D eigenvalue weighted by Crippen LogP contribution is -2.02. The van der Waals surface area contributed by atoms with Gasteiger partial charge < -0.3 is 0 Å². The van der Waals surface area contributed by atoms with Gasteiger partial charge in [-0.05, 0) is 43.0 Å². The maximum Gasteiger partial charge on any atom is 0.174 e. The van der Waals surface area contributed by atoms with Crippen LogP contribution in [-0.4, -0.2) is 5.26 Å². The van der Waals surface area contributed by atoms with Crippen LogP contribution < -0.4 is 0 Å². The molecule has 20 heavy (non-hydrogen) atoms. The molecule has 0 aliphatic rings. The Bertz CT molecular complexity index is 448. The van der Waals surface area contributed by atoms with E-state index in [1.165, 1.54) is 0 Å². The van der Waals surface area contributed by atoms with Gasteiger partial charge in [-0.15, -0.1) is 6.42 Å². The minimum atomic E-state index is 1.89. The Kier molecular flexibility index (Phi) is 14.6. The molecule has 0 aromatic carbocycles. The average Bonchev–Trinajstić information content (AvgIpc) is 2.47. The summed E-state index contributed by atoms with van der Waals surface area (Å²) in [5, 5.41) is 42.1. The van der Waals surface area contributed by atoms with E-state index < -0.39 is 0 Å².